The third-order valence-corrected chi connectivity index (χ3v) is 1.68. The molecule has 4 heteroatoms. The van der Waals surface area contributed by atoms with Gasteiger partial charge in [-0.05, 0) is 5.56 Å². The van der Waals surface area contributed by atoms with Crippen LogP contribution in [0.25, 0.3) is 5.70 Å². The van der Waals surface area contributed by atoms with Crippen molar-refractivity contribution in [2.75, 3.05) is 0 Å². The number of aliphatic carboxylic acids is 1. The molecule has 0 aromatic heterocycles. The van der Waals surface area contributed by atoms with Crippen LogP contribution in [0.5, 0.6) is 0 Å². The second kappa shape index (κ2) is 4.10. The first-order valence-electron chi connectivity index (χ1n) is 3.85. The molecular formula is C10H8N2O2. The van der Waals surface area contributed by atoms with Crippen LogP contribution in [-0.2, 0) is 4.79 Å². The van der Waals surface area contributed by atoms with Gasteiger partial charge in [0.05, 0.1) is 5.70 Å². The molecule has 70 valence electrons. The van der Waals surface area contributed by atoms with Crippen LogP contribution in [0.3, 0.4) is 0 Å². The third-order valence-electron chi connectivity index (χ3n) is 1.68. The number of hydrogen-bond donors (Lipinski definition) is 2. The summed E-state index contributed by atoms with van der Waals surface area (Å²) in [6, 6.07) is 10.1. The Kier molecular flexibility index (Phi) is 2.87. The van der Waals surface area contributed by atoms with Gasteiger partial charge in [-0.2, -0.15) is 5.26 Å². The standard InChI is InChI=1S/C10H8N2O2/c11-6-8(10(13)14)9(12)7-4-2-1-3-5-7/h1-5H,12H2,(H,13,14)/b9-8+. The fourth-order valence-electron chi connectivity index (χ4n) is 0.985. The number of carboxylic acids is 1. The van der Waals surface area contributed by atoms with E-state index in [1.165, 1.54) is 0 Å². The number of nitrogens with zero attached hydrogens (tertiary/aromatic N) is 1. The van der Waals surface area contributed by atoms with Gasteiger partial charge >= 0.3 is 5.97 Å². The minimum absolute atomic E-state index is 0.0133. The van der Waals surface area contributed by atoms with E-state index in [9.17, 15) is 4.79 Å². The fraction of sp³-hybridized carbons (Fsp3) is 0. The fourth-order valence-corrected chi connectivity index (χ4v) is 0.985. The highest BCUT2D eigenvalue weighted by molar-refractivity contribution is 5.99. The van der Waals surface area contributed by atoms with Crippen LogP contribution in [0.15, 0.2) is 35.9 Å². The molecule has 14 heavy (non-hydrogen) atoms. The van der Waals surface area contributed by atoms with Gasteiger partial charge in [0.1, 0.15) is 6.07 Å². The van der Waals surface area contributed by atoms with E-state index in [1.54, 1.807) is 36.4 Å². The number of hydrogen-bond acceptors (Lipinski definition) is 3. The number of carbonyl (C=O) groups is 1. The molecule has 0 atom stereocenters. The van der Waals surface area contributed by atoms with E-state index in [0.717, 1.165) is 0 Å². The summed E-state index contributed by atoms with van der Waals surface area (Å²) in [6.45, 7) is 0. The summed E-state index contributed by atoms with van der Waals surface area (Å²) in [6.07, 6.45) is 0. The van der Waals surface area contributed by atoms with Gasteiger partial charge < -0.3 is 10.8 Å². The molecule has 3 N–H and O–H groups in total. The highest BCUT2D eigenvalue weighted by atomic mass is 16.4. The van der Waals surface area contributed by atoms with Crippen LogP contribution in [0.1, 0.15) is 5.56 Å². The summed E-state index contributed by atoms with van der Waals surface area (Å²) in [5.41, 5.74) is 5.61. The van der Waals surface area contributed by atoms with Crippen molar-refractivity contribution >= 4 is 11.7 Å². The molecule has 0 radical (unpaired) electrons. The lowest BCUT2D eigenvalue weighted by atomic mass is 10.1. The zero-order valence-electron chi connectivity index (χ0n) is 7.27. The van der Waals surface area contributed by atoms with E-state index >= 15 is 0 Å². The van der Waals surface area contributed by atoms with Crippen LogP contribution < -0.4 is 5.73 Å². The predicted octanol–water partition coefficient (Wildman–Crippen LogP) is 0.965. The highest BCUT2D eigenvalue weighted by Crippen LogP contribution is 2.12. The topological polar surface area (TPSA) is 87.1 Å². The lowest BCUT2D eigenvalue weighted by Gasteiger charge is -2.01. The lowest BCUT2D eigenvalue weighted by molar-refractivity contribution is -0.132. The Morgan fingerprint density at radius 3 is 2.36 bits per heavy atom. The maximum absolute atomic E-state index is 10.6. The molecule has 0 fully saturated rings. The van der Waals surface area contributed by atoms with Crippen LogP contribution in [0.4, 0.5) is 0 Å². The smallest absolute Gasteiger partial charge is 0.348 e. The molecule has 0 saturated heterocycles. The molecule has 0 unspecified atom stereocenters. The molecule has 1 aromatic rings. The molecule has 0 bridgehead atoms. The largest absolute Gasteiger partial charge is 0.477 e. The average Bonchev–Trinajstić information content (AvgIpc) is 2.19. The van der Waals surface area contributed by atoms with Crippen molar-refractivity contribution in [3.63, 3.8) is 0 Å². The second-order valence-corrected chi connectivity index (χ2v) is 2.57. The minimum atomic E-state index is -1.31. The van der Waals surface area contributed by atoms with Crippen molar-refractivity contribution in [3.05, 3.63) is 41.5 Å². The highest BCUT2D eigenvalue weighted by Gasteiger charge is 2.12. The van der Waals surface area contributed by atoms with Crippen molar-refractivity contribution in [2.45, 2.75) is 0 Å². The maximum atomic E-state index is 10.6. The monoisotopic (exact) mass is 188 g/mol. The molecular weight excluding hydrogens is 180 g/mol. The first-order valence-corrected chi connectivity index (χ1v) is 3.85. The predicted molar refractivity (Wildman–Crippen MR) is 50.8 cm³/mol. The van der Waals surface area contributed by atoms with Gasteiger partial charge in [-0.1, -0.05) is 30.3 Å². The Morgan fingerprint density at radius 1 is 1.36 bits per heavy atom. The number of nitrogens with two attached hydrogens (primary N) is 1. The third kappa shape index (κ3) is 1.90. The van der Waals surface area contributed by atoms with E-state index in [0.29, 0.717) is 5.56 Å². The van der Waals surface area contributed by atoms with Crippen LogP contribution in [-0.4, -0.2) is 11.1 Å². The summed E-state index contributed by atoms with van der Waals surface area (Å²) in [7, 11) is 0. The number of carboxylic acid groups (broad SMARTS) is 1. The lowest BCUT2D eigenvalue weighted by Crippen LogP contribution is -2.08. The van der Waals surface area contributed by atoms with Crippen LogP contribution in [0.2, 0.25) is 0 Å². The Hall–Kier alpha value is -2.28. The second-order valence-electron chi connectivity index (χ2n) is 2.57. The van der Waals surface area contributed by atoms with Crippen molar-refractivity contribution in [1.29, 1.82) is 5.26 Å². The van der Waals surface area contributed by atoms with E-state index in [4.69, 9.17) is 16.1 Å². The van der Waals surface area contributed by atoms with Gasteiger partial charge in [0.2, 0.25) is 0 Å². The number of benzene rings is 1. The molecule has 0 saturated carbocycles. The molecule has 1 rings (SSSR count). The first-order chi connectivity index (χ1) is 6.66. The quantitative estimate of drug-likeness (QED) is 0.534. The van der Waals surface area contributed by atoms with Gasteiger partial charge in [0.25, 0.3) is 0 Å². The van der Waals surface area contributed by atoms with Gasteiger partial charge in [-0.25, -0.2) is 4.79 Å². The van der Waals surface area contributed by atoms with Crippen molar-refractivity contribution in [3.8, 4) is 6.07 Å². The molecule has 1 aromatic carbocycles. The zero-order chi connectivity index (χ0) is 10.6. The Balaban J connectivity index is 3.23. The minimum Gasteiger partial charge on any atom is -0.477 e. The summed E-state index contributed by atoms with van der Waals surface area (Å²) in [5, 5.41) is 17.2. The Labute approximate surface area is 80.9 Å². The molecule has 0 aliphatic heterocycles. The van der Waals surface area contributed by atoms with Crippen molar-refractivity contribution in [2.24, 2.45) is 5.73 Å². The summed E-state index contributed by atoms with van der Waals surface area (Å²) in [5.74, 6) is -1.31. The molecule has 0 amide bonds. The van der Waals surface area contributed by atoms with Gasteiger partial charge in [0, 0.05) is 0 Å². The zero-order valence-corrected chi connectivity index (χ0v) is 7.27. The SMILES string of the molecule is N#C/C(C(=O)O)=C(\N)c1ccccc1. The van der Waals surface area contributed by atoms with E-state index < -0.39 is 11.5 Å². The summed E-state index contributed by atoms with van der Waals surface area (Å²) >= 11 is 0. The maximum Gasteiger partial charge on any atom is 0.348 e. The molecule has 0 aliphatic carbocycles. The molecule has 0 heterocycles. The number of rotatable bonds is 2. The summed E-state index contributed by atoms with van der Waals surface area (Å²) < 4.78 is 0. The summed E-state index contributed by atoms with van der Waals surface area (Å²) in [4.78, 5) is 10.6. The van der Waals surface area contributed by atoms with Crippen molar-refractivity contribution < 1.29 is 9.90 Å². The normalized spacial score (nSPS) is 11.4. The molecule has 0 spiro atoms. The van der Waals surface area contributed by atoms with Crippen molar-refractivity contribution in [1.82, 2.24) is 0 Å². The first kappa shape index (κ1) is 9.81. The number of nitriles is 1. The van der Waals surface area contributed by atoms with Gasteiger partial charge in [-0.3, -0.25) is 0 Å². The van der Waals surface area contributed by atoms with E-state index in [2.05, 4.69) is 0 Å². The van der Waals surface area contributed by atoms with Gasteiger partial charge in [-0.15, -0.1) is 0 Å². The van der Waals surface area contributed by atoms with E-state index in [1.807, 2.05) is 0 Å². The Bertz CT molecular complexity index is 415. The van der Waals surface area contributed by atoms with Gasteiger partial charge in [0.15, 0.2) is 5.57 Å². The average molecular weight is 188 g/mol. The molecule has 0 aliphatic rings. The van der Waals surface area contributed by atoms with E-state index in [-0.39, 0.29) is 5.70 Å². The van der Waals surface area contributed by atoms with Crippen LogP contribution in [0, 0.1) is 11.3 Å². The van der Waals surface area contributed by atoms with Crippen LogP contribution >= 0.6 is 0 Å². The Morgan fingerprint density at radius 2 is 1.93 bits per heavy atom. The molecule has 4 nitrogen and oxygen atoms in total.